The number of anilines is 2. The van der Waals surface area contributed by atoms with Crippen molar-refractivity contribution < 1.29 is 0 Å². The molecule has 0 aliphatic carbocycles. The smallest absolute Gasteiger partial charge is 0.0490 e. The Bertz CT molecular complexity index is 582. The van der Waals surface area contributed by atoms with Gasteiger partial charge in [-0.25, -0.2) is 0 Å². The summed E-state index contributed by atoms with van der Waals surface area (Å²) in [6.45, 7) is 8.30. The van der Waals surface area contributed by atoms with Gasteiger partial charge in [-0.15, -0.1) is 0 Å². The van der Waals surface area contributed by atoms with Crippen LogP contribution in [0.4, 0.5) is 11.4 Å². The zero-order valence-electron chi connectivity index (χ0n) is 11.5. The molecule has 0 aromatic heterocycles. The van der Waals surface area contributed by atoms with Crippen molar-refractivity contribution in [2.24, 2.45) is 0 Å². The van der Waals surface area contributed by atoms with Crippen molar-refractivity contribution in [3.63, 3.8) is 0 Å². The number of hydrogen-bond acceptors (Lipinski definition) is 1. The van der Waals surface area contributed by atoms with Crippen LogP contribution in [-0.4, -0.2) is 0 Å². The van der Waals surface area contributed by atoms with Gasteiger partial charge < -0.3 is 4.90 Å². The maximum Gasteiger partial charge on any atom is 0.0490 e. The number of aryl methyl sites for hydroxylation is 1. The first-order valence-electron chi connectivity index (χ1n) is 6.46. The summed E-state index contributed by atoms with van der Waals surface area (Å²) in [4.78, 5) is 2.18. The highest BCUT2D eigenvalue weighted by molar-refractivity contribution is 5.71. The Morgan fingerprint density at radius 3 is 2.26 bits per heavy atom. The molecule has 0 amide bonds. The van der Waals surface area contributed by atoms with E-state index in [0.29, 0.717) is 0 Å². The topological polar surface area (TPSA) is 3.24 Å². The van der Waals surface area contributed by atoms with Gasteiger partial charge in [-0.2, -0.15) is 0 Å². The van der Waals surface area contributed by atoms with Crippen LogP contribution in [0.2, 0.25) is 0 Å². The zero-order valence-corrected chi connectivity index (χ0v) is 11.5. The number of rotatable bonds is 4. The van der Waals surface area contributed by atoms with Crippen molar-refractivity contribution in [3.05, 3.63) is 84.6 Å². The average Bonchev–Trinajstić information content (AvgIpc) is 2.43. The fourth-order valence-electron chi connectivity index (χ4n) is 2.12. The molecule has 96 valence electrons. The Labute approximate surface area is 115 Å². The van der Waals surface area contributed by atoms with Crippen LogP contribution in [0.1, 0.15) is 12.5 Å². The molecular formula is C18H19N. The molecule has 2 aromatic carbocycles. The van der Waals surface area contributed by atoms with E-state index >= 15 is 0 Å². The summed E-state index contributed by atoms with van der Waals surface area (Å²) in [6.07, 6.45) is 4.04. The van der Waals surface area contributed by atoms with Crippen molar-refractivity contribution in [1.29, 1.82) is 0 Å². The summed E-state index contributed by atoms with van der Waals surface area (Å²) in [5.41, 5.74) is 4.48. The molecule has 0 spiro atoms. The highest BCUT2D eigenvalue weighted by Gasteiger charge is 2.12. The molecule has 1 nitrogen and oxygen atoms in total. The normalized spacial score (nSPS) is 10.6. The van der Waals surface area contributed by atoms with Crippen LogP contribution < -0.4 is 4.90 Å². The van der Waals surface area contributed by atoms with Gasteiger partial charge in [0.05, 0.1) is 0 Å². The van der Waals surface area contributed by atoms with E-state index < -0.39 is 0 Å². The number of allylic oxidation sites excluding steroid dienone is 2. The molecule has 2 rings (SSSR count). The number of nitrogens with zero attached hydrogens (tertiary/aromatic N) is 1. The van der Waals surface area contributed by atoms with E-state index in [1.165, 1.54) is 5.56 Å². The highest BCUT2D eigenvalue weighted by atomic mass is 15.1. The van der Waals surface area contributed by atoms with E-state index in [9.17, 15) is 0 Å². The Hall–Kier alpha value is -2.28. The van der Waals surface area contributed by atoms with Gasteiger partial charge in [0.1, 0.15) is 0 Å². The van der Waals surface area contributed by atoms with Crippen molar-refractivity contribution in [1.82, 2.24) is 0 Å². The summed E-state index contributed by atoms with van der Waals surface area (Å²) in [5, 5.41) is 0. The quantitative estimate of drug-likeness (QED) is 0.671. The molecule has 2 aromatic rings. The second-order valence-corrected chi connectivity index (χ2v) is 4.45. The minimum Gasteiger partial charge on any atom is -0.311 e. The predicted molar refractivity (Wildman–Crippen MR) is 83.7 cm³/mol. The van der Waals surface area contributed by atoms with Crippen LogP contribution >= 0.6 is 0 Å². The van der Waals surface area contributed by atoms with Gasteiger partial charge in [0.2, 0.25) is 0 Å². The van der Waals surface area contributed by atoms with Crippen LogP contribution in [-0.2, 0) is 0 Å². The lowest BCUT2D eigenvalue weighted by Crippen LogP contribution is -2.15. The number of benzene rings is 2. The van der Waals surface area contributed by atoms with Crippen LogP contribution in [0.25, 0.3) is 0 Å². The summed E-state index contributed by atoms with van der Waals surface area (Å²) < 4.78 is 0. The van der Waals surface area contributed by atoms with Crippen LogP contribution in [0.3, 0.4) is 0 Å². The van der Waals surface area contributed by atoms with Crippen LogP contribution in [0.15, 0.2) is 79.0 Å². The van der Waals surface area contributed by atoms with E-state index in [2.05, 4.69) is 54.8 Å². The Morgan fingerprint density at radius 1 is 1.00 bits per heavy atom. The minimum atomic E-state index is 0.961. The third-order valence-corrected chi connectivity index (χ3v) is 3.02. The van der Waals surface area contributed by atoms with Crippen LogP contribution in [0.5, 0.6) is 0 Å². The molecule has 0 atom stereocenters. The Morgan fingerprint density at radius 2 is 1.63 bits per heavy atom. The van der Waals surface area contributed by atoms with Gasteiger partial charge in [-0.1, -0.05) is 49.1 Å². The summed E-state index contributed by atoms with van der Waals surface area (Å²) in [6, 6.07) is 18.7. The molecule has 0 bridgehead atoms. The molecule has 0 radical (unpaired) electrons. The lowest BCUT2D eigenvalue weighted by molar-refractivity contribution is 1.19. The molecule has 0 unspecified atom stereocenters. The van der Waals surface area contributed by atoms with E-state index in [-0.39, 0.29) is 0 Å². The molecule has 0 aliphatic heterocycles. The first kappa shape index (κ1) is 13.2. The van der Waals surface area contributed by atoms with Crippen LogP contribution in [0, 0.1) is 6.92 Å². The van der Waals surface area contributed by atoms with Gasteiger partial charge >= 0.3 is 0 Å². The first-order valence-corrected chi connectivity index (χ1v) is 6.46. The fourth-order valence-corrected chi connectivity index (χ4v) is 2.12. The molecule has 0 saturated carbocycles. The van der Waals surface area contributed by atoms with Crippen molar-refractivity contribution >= 4 is 11.4 Å². The highest BCUT2D eigenvalue weighted by Crippen LogP contribution is 2.31. The van der Waals surface area contributed by atoms with E-state index in [1.54, 1.807) is 0 Å². The zero-order chi connectivity index (χ0) is 13.7. The SMILES string of the molecule is C=C(/C=C/C)N(c1ccccc1)c1ccccc1C. The molecular weight excluding hydrogens is 230 g/mol. The summed E-state index contributed by atoms with van der Waals surface area (Å²) in [5.74, 6) is 0. The number of para-hydroxylation sites is 2. The largest absolute Gasteiger partial charge is 0.311 e. The summed E-state index contributed by atoms with van der Waals surface area (Å²) in [7, 11) is 0. The second kappa shape index (κ2) is 6.05. The van der Waals surface area contributed by atoms with Gasteiger partial charge in [-0.05, 0) is 43.7 Å². The van der Waals surface area contributed by atoms with Gasteiger partial charge in [-0.3, -0.25) is 0 Å². The lowest BCUT2D eigenvalue weighted by Gasteiger charge is -2.27. The van der Waals surface area contributed by atoms with Crippen molar-refractivity contribution in [3.8, 4) is 0 Å². The van der Waals surface area contributed by atoms with Gasteiger partial charge in [0, 0.05) is 17.1 Å². The van der Waals surface area contributed by atoms with Gasteiger partial charge in [0.25, 0.3) is 0 Å². The van der Waals surface area contributed by atoms with Gasteiger partial charge in [0.15, 0.2) is 0 Å². The third kappa shape index (κ3) is 2.94. The maximum atomic E-state index is 4.18. The molecule has 0 saturated heterocycles. The van der Waals surface area contributed by atoms with E-state index in [1.807, 2.05) is 37.3 Å². The molecule has 1 heteroatoms. The standard InChI is InChI=1S/C18H19N/c1-4-10-16(3)19(17-12-6-5-7-13-17)18-14-9-8-11-15(18)2/h4-14H,3H2,1-2H3/b10-4+. The summed E-state index contributed by atoms with van der Waals surface area (Å²) >= 11 is 0. The molecule has 19 heavy (non-hydrogen) atoms. The number of hydrogen-bond donors (Lipinski definition) is 0. The predicted octanol–water partition coefficient (Wildman–Crippen LogP) is 5.22. The monoisotopic (exact) mass is 249 g/mol. The Balaban J connectivity index is 2.53. The molecule has 0 fully saturated rings. The molecule has 0 heterocycles. The Kier molecular flexibility index (Phi) is 4.19. The molecule has 0 N–H and O–H groups in total. The second-order valence-electron chi connectivity index (χ2n) is 4.45. The fraction of sp³-hybridized carbons (Fsp3) is 0.111. The molecule has 0 aliphatic rings. The van der Waals surface area contributed by atoms with Crippen molar-refractivity contribution in [2.75, 3.05) is 4.90 Å². The first-order chi connectivity index (χ1) is 9.24. The minimum absolute atomic E-state index is 0.961. The lowest BCUT2D eigenvalue weighted by atomic mass is 10.1. The third-order valence-electron chi connectivity index (χ3n) is 3.02. The van der Waals surface area contributed by atoms with E-state index in [0.717, 1.165) is 17.1 Å². The maximum absolute atomic E-state index is 4.18. The average molecular weight is 249 g/mol. The van der Waals surface area contributed by atoms with Crippen molar-refractivity contribution in [2.45, 2.75) is 13.8 Å². The van der Waals surface area contributed by atoms with E-state index in [4.69, 9.17) is 0 Å².